The molecule has 18 heavy (non-hydrogen) atoms. The molecule has 2 atom stereocenters. The van der Waals surface area contributed by atoms with Crippen molar-refractivity contribution in [3.63, 3.8) is 0 Å². The molecule has 1 aliphatic carbocycles. The maximum absolute atomic E-state index is 12.0. The number of likely N-dealkylation sites (tertiary alicyclic amines) is 1. The van der Waals surface area contributed by atoms with E-state index >= 15 is 0 Å². The molecular weight excluding hydrogens is 250 g/mol. The number of nitrogens with zero attached hydrogens (tertiary/aromatic N) is 1. The van der Waals surface area contributed by atoms with Gasteiger partial charge >= 0.3 is 0 Å². The molecular formula is C12H21N3O2S. The molecule has 0 spiro atoms. The van der Waals surface area contributed by atoms with Gasteiger partial charge in [-0.2, -0.15) is 12.6 Å². The summed E-state index contributed by atoms with van der Waals surface area (Å²) in [5.74, 6) is 0.00266. The smallest absolute Gasteiger partial charge is 0.243 e. The molecule has 6 heteroatoms. The zero-order chi connectivity index (χ0) is 13.1. The van der Waals surface area contributed by atoms with Crippen LogP contribution in [0.4, 0.5) is 0 Å². The Kier molecular flexibility index (Phi) is 4.50. The Labute approximate surface area is 113 Å². The van der Waals surface area contributed by atoms with Crippen molar-refractivity contribution in [2.24, 2.45) is 0 Å². The van der Waals surface area contributed by atoms with Crippen molar-refractivity contribution in [2.45, 2.75) is 44.3 Å². The fraction of sp³-hybridized carbons (Fsp3) is 0.833. The number of hydrogen-bond acceptors (Lipinski definition) is 4. The maximum Gasteiger partial charge on any atom is 0.243 e. The van der Waals surface area contributed by atoms with E-state index in [0.717, 1.165) is 25.6 Å². The molecule has 2 unspecified atom stereocenters. The van der Waals surface area contributed by atoms with Crippen LogP contribution >= 0.6 is 12.6 Å². The van der Waals surface area contributed by atoms with Crippen LogP contribution in [0.3, 0.4) is 0 Å². The molecule has 1 heterocycles. The Hall–Kier alpha value is -0.750. The number of rotatable bonds is 5. The summed E-state index contributed by atoms with van der Waals surface area (Å²) in [4.78, 5) is 25.4. The average Bonchev–Trinajstić information content (AvgIpc) is 3.07. The summed E-state index contributed by atoms with van der Waals surface area (Å²) in [5, 5.41) is 5.61. The van der Waals surface area contributed by atoms with Crippen LogP contribution in [0.2, 0.25) is 0 Å². The predicted molar refractivity (Wildman–Crippen MR) is 72.6 cm³/mol. The zero-order valence-electron chi connectivity index (χ0n) is 10.7. The predicted octanol–water partition coefficient (Wildman–Crippen LogP) is -0.226. The molecule has 2 amide bonds. The fourth-order valence-corrected chi connectivity index (χ4v) is 2.67. The van der Waals surface area contributed by atoms with E-state index in [4.69, 9.17) is 0 Å². The molecule has 2 N–H and O–H groups in total. The van der Waals surface area contributed by atoms with E-state index in [1.807, 2.05) is 0 Å². The topological polar surface area (TPSA) is 61.4 Å². The van der Waals surface area contributed by atoms with Gasteiger partial charge in [-0.05, 0) is 19.3 Å². The molecule has 0 aromatic heterocycles. The summed E-state index contributed by atoms with van der Waals surface area (Å²) in [7, 11) is 0. The zero-order valence-corrected chi connectivity index (χ0v) is 11.6. The van der Waals surface area contributed by atoms with Gasteiger partial charge in [-0.25, -0.2) is 0 Å². The van der Waals surface area contributed by atoms with Crippen LogP contribution in [0.15, 0.2) is 0 Å². The van der Waals surface area contributed by atoms with Crippen molar-refractivity contribution in [3.05, 3.63) is 0 Å². The Balaban J connectivity index is 1.77. The van der Waals surface area contributed by atoms with Gasteiger partial charge in [0.2, 0.25) is 11.8 Å². The first-order valence-electron chi connectivity index (χ1n) is 6.52. The number of thiol groups is 1. The minimum atomic E-state index is -0.527. The molecule has 102 valence electrons. The van der Waals surface area contributed by atoms with Crippen molar-refractivity contribution < 1.29 is 9.59 Å². The van der Waals surface area contributed by atoms with Gasteiger partial charge in [0, 0.05) is 37.8 Å². The van der Waals surface area contributed by atoms with Crippen molar-refractivity contribution in [1.29, 1.82) is 0 Å². The Morgan fingerprint density at radius 3 is 2.67 bits per heavy atom. The molecule has 1 saturated heterocycles. The highest BCUT2D eigenvalue weighted by molar-refractivity contribution is 7.80. The van der Waals surface area contributed by atoms with E-state index in [9.17, 15) is 9.59 Å². The summed E-state index contributed by atoms with van der Waals surface area (Å²) >= 11 is 4.10. The van der Waals surface area contributed by atoms with Crippen LogP contribution in [0.1, 0.15) is 26.2 Å². The highest BCUT2D eigenvalue weighted by Gasteiger charge is 2.35. The third-order valence-electron chi connectivity index (χ3n) is 3.51. The van der Waals surface area contributed by atoms with E-state index in [-0.39, 0.29) is 17.9 Å². The van der Waals surface area contributed by atoms with Crippen molar-refractivity contribution in [2.75, 3.05) is 18.8 Å². The normalized spacial score (nSPS) is 25.8. The van der Waals surface area contributed by atoms with E-state index in [1.54, 1.807) is 0 Å². The minimum Gasteiger partial charge on any atom is -0.350 e. The van der Waals surface area contributed by atoms with E-state index in [2.05, 4.69) is 28.2 Å². The molecule has 0 aromatic rings. The third-order valence-corrected chi connectivity index (χ3v) is 3.87. The van der Waals surface area contributed by atoms with Gasteiger partial charge in [-0.3, -0.25) is 14.5 Å². The second-order valence-electron chi connectivity index (χ2n) is 5.16. The van der Waals surface area contributed by atoms with Gasteiger partial charge in [0.25, 0.3) is 0 Å². The Morgan fingerprint density at radius 2 is 2.11 bits per heavy atom. The molecule has 2 rings (SSSR count). The molecule has 2 aliphatic rings. The molecule has 1 aliphatic heterocycles. The minimum absolute atomic E-state index is 0.122. The Morgan fingerprint density at radius 1 is 1.39 bits per heavy atom. The quantitative estimate of drug-likeness (QED) is 0.606. The van der Waals surface area contributed by atoms with Gasteiger partial charge < -0.3 is 10.6 Å². The standard InChI is InChI=1S/C12H21N3O2S/c1-8(16)13-11(7-18)12(17)14-9-4-5-15(6-9)10-2-3-10/h9-11,18H,2-7H2,1H3,(H,13,16)(H,14,17). The van der Waals surface area contributed by atoms with Gasteiger partial charge in [0.15, 0.2) is 0 Å². The monoisotopic (exact) mass is 271 g/mol. The number of carbonyl (C=O) groups excluding carboxylic acids is 2. The summed E-state index contributed by atoms with van der Waals surface area (Å²) < 4.78 is 0. The average molecular weight is 271 g/mol. The largest absolute Gasteiger partial charge is 0.350 e. The molecule has 0 radical (unpaired) electrons. The number of carbonyl (C=O) groups is 2. The molecule has 2 fully saturated rings. The van der Waals surface area contributed by atoms with Gasteiger partial charge in [0.05, 0.1) is 0 Å². The maximum atomic E-state index is 12.0. The lowest BCUT2D eigenvalue weighted by Crippen LogP contribution is -2.50. The van der Waals surface area contributed by atoms with Gasteiger partial charge in [-0.1, -0.05) is 0 Å². The van der Waals surface area contributed by atoms with Crippen LogP contribution in [0.25, 0.3) is 0 Å². The number of amides is 2. The second kappa shape index (κ2) is 5.93. The summed E-state index contributed by atoms with van der Waals surface area (Å²) in [6.07, 6.45) is 3.60. The molecule has 1 saturated carbocycles. The first-order valence-corrected chi connectivity index (χ1v) is 7.15. The number of hydrogen-bond donors (Lipinski definition) is 3. The highest BCUT2D eigenvalue weighted by atomic mass is 32.1. The molecule has 5 nitrogen and oxygen atoms in total. The van der Waals surface area contributed by atoms with Crippen molar-refractivity contribution in [1.82, 2.24) is 15.5 Å². The van der Waals surface area contributed by atoms with Crippen LogP contribution in [-0.4, -0.2) is 53.7 Å². The van der Waals surface area contributed by atoms with E-state index in [0.29, 0.717) is 5.75 Å². The Bertz CT molecular complexity index is 333. The van der Waals surface area contributed by atoms with Crippen molar-refractivity contribution in [3.8, 4) is 0 Å². The lowest BCUT2D eigenvalue weighted by Gasteiger charge is -2.19. The van der Waals surface area contributed by atoms with Gasteiger partial charge in [-0.15, -0.1) is 0 Å². The van der Waals surface area contributed by atoms with Gasteiger partial charge in [0.1, 0.15) is 6.04 Å². The summed E-state index contributed by atoms with van der Waals surface area (Å²) in [5.41, 5.74) is 0. The highest BCUT2D eigenvalue weighted by Crippen LogP contribution is 2.29. The third kappa shape index (κ3) is 3.62. The second-order valence-corrected chi connectivity index (χ2v) is 5.52. The van der Waals surface area contributed by atoms with Crippen LogP contribution < -0.4 is 10.6 Å². The SMILES string of the molecule is CC(=O)NC(CS)C(=O)NC1CCN(C2CC2)C1. The molecule has 0 bridgehead atoms. The number of nitrogens with one attached hydrogen (secondary N) is 2. The van der Waals surface area contributed by atoms with Crippen LogP contribution in [0, 0.1) is 0 Å². The van der Waals surface area contributed by atoms with E-state index < -0.39 is 6.04 Å². The first-order chi connectivity index (χ1) is 8.60. The fourth-order valence-electron chi connectivity index (χ4n) is 2.42. The summed E-state index contributed by atoms with van der Waals surface area (Å²) in [6, 6.07) is 0.443. The van der Waals surface area contributed by atoms with E-state index in [1.165, 1.54) is 19.8 Å². The molecule has 0 aromatic carbocycles. The van der Waals surface area contributed by atoms with Crippen LogP contribution in [-0.2, 0) is 9.59 Å². The van der Waals surface area contributed by atoms with Crippen molar-refractivity contribution >= 4 is 24.4 Å². The lowest BCUT2D eigenvalue weighted by atomic mass is 10.2. The lowest BCUT2D eigenvalue weighted by molar-refractivity contribution is -0.127. The van der Waals surface area contributed by atoms with Crippen LogP contribution in [0.5, 0.6) is 0 Å². The summed E-state index contributed by atoms with van der Waals surface area (Å²) in [6.45, 7) is 3.42. The first kappa shape index (κ1) is 13.7.